The minimum Gasteiger partial charge on any atom is -0.495 e. The van der Waals surface area contributed by atoms with Crippen LogP contribution in [0.2, 0.25) is 0 Å². The quantitative estimate of drug-likeness (QED) is 0.854. The maximum absolute atomic E-state index is 11.9. The van der Waals surface area contributed by atoms with Gasteiger partial charge in [-0.05, 0) is 18.2 Å². The lowest BCUT2D eigenvalue weighted by atomic mass is 10.1. The minimum absolute atomic E-state index is 0.310. The Morgan fingerprint density at radius 3 is 2.94 bits per heavy atom. The number of ether oxygens (including phenoxy) is 1. The summed E-state index contributed by atoms with van der Waals surface area (Å²) in [5.74, 6) is 0.0513. The molecule has 18 heavy (non-hydrogen) atoms. The molecule has 0 aliphatic heterocycles. The van der Waals surface area contributed by atoms with Crippen LogP contribution in [0.15, 0.2) is 30.5 Å². The Bertz CT molecular complexity index is 599. The van der Waals surface area contributed by atoms with Gasteiger partial charge in [0.1, 0.15) is 23.2 Å². The number of nitrogens with one attached hydrogen (secondary N) is 2. The SMILES string of the molecule is COc1cccc(C#N)c1NC(=O)c1ccn[nH]1. The number of H-pyrrole nitrogens is 1. The van der Waals surface area contributed by atoms with E-state index in [2.05, 4.69) is 15.5 Å². The zero-order valence-corrected chi connectivity index (χ0v) is 9.60. The number of nitriles is 1. The van der Waals surface area contributed by atoms with Crippen LogP contribution in [0.25, 0.3) is 0 Å². The fourth-order valence-corrected chi connectivity index (χ4v) is 1.49. The van der Waals surface area contributed by atoms with Gasteiger partial charge < -0.3 is 10.1 Å². The van der Waals surface area contributed by atoms with Crippen molar-refractivity contribution < 1.29 is 9.53 Å². The number of methoxy groups -OCH3 is 1. The van der Waals surface area contributed by atoms with Crippen LogP contribution in [0.4, 0.5) is 5.69 Å². The molecule has 0 unspecified atom stereocenters. The molecule has 1 amide bonds. The molecule has 2 N–H and O–H groups in total. The molecule has 0 fully saturated rings. The standard InChI is InChI=1S/C12H10N4O2/c1-18-10-4-2-3-8(7-13)11(10)15-12(17)9-5-6-14-16-9/h2-6H,1H3,(H,14,16)(H,15,17). The van der Waals surface area contributed by atoms with E-state index in [1.807, 2.05) is 6.07 Å². The molecule has 0 spiro atoms. The molecule has 0 aliphatic rings. The first-order valence-electron chi connectivity index (χ1n) is 5.14. The first kappa shape index (κ1) is 11.7. The molecule has 2 rings (SSSR count). The molecule has 1 heterocycles. The maximum Gasteiger partial charge on any atom is 0.273 e. The molecule has 90 valence electrons. The van der Waals surface area contributed by atoms with E-state index >= 15 is 0 Å². The van der Waals surface area contributed by atoms with Crippen LogP contribution in [0, 0.1) is 11.3 Å². The maximum atomic E-state index is 11.9. The average Bonchev–Trinajstić information content (AvgIpc) is 2.93. The highest BCUT2D eigenvalue weighted by molar-refractivity contribution is 6.04. The van der Waals surface area contributed by atoms with E-state index in [-0.39, 0.29) is 5.91 Å². The van der Waals surface area contributed by atoms with Crippen LogP contribution >= 0.6 is 0 Å². The Labute approximate surface area is 103 Å². The van der Waals surface area contributed by atoms with Crippen molar-refractivity contribution in [2.24, 2.45) is 0 Å². The van der Waals surface area contributed by atoms with E-state index in [0.717, 1.165) is 0 Å². The number of carbonyl (C=O) groups excluding carboxylic acids is 1. The van der Waals surface area contributed by atoms with Gasteiger partial charge in [-0.1, -0.05) is 6.07 Å². The second-order valence-corrected chi connectivity index (χ2v) is 3.42. The fraction of sp³-hybridized carbons (Fsp3) is 0.0833. The van der Waals surface area contributed by atoms with E-state index in [0.29, 0.717) is 22.7 Å². The first-order chi connectivity index (χ1) is 8.76. The Morgan fingerprint density at radius 1 is 1.50 bits per heavy atom. The van der Waals surface area contributed by atoms with Crippen molar-refractivity contribution >= 4 is 11.6 Å². The number of hydrogen-bond acceptors (Lipinski definition) is 4. The van der Waals surface area contributed by atoms with Crippen molar-refractivity contribution in [1.82, 2.24) is 10.2 Å². The summed E-state index contributed by atoms with van der Waals surface area (Å²) in [6, 6.07) is 8.49. The molecule has 6 heteroatoms. The lowest BCUT2D eigenvalue weighted by Crippen LogP contribution is -2.14. The average molecular weight is 242 g/mol. The Hall–Kier alpha value is -2.81. The minimum atomic E-state index is -0.381. The van der Waals surface area contributed by atoms with Crippen molar-refractivity contribution in [1.29, 1.82) is 5.26 Å². The number of amides is 1. The topological polar surface area (TPSA) is 90.8 Å². The predicted molar refractivity (Wildman–Crippen MR) is 64.2 cm³/mol. The number of anilines is 1. The number of rotatable bonds is 3. The second-order valence-electron chi connectivity index (χ2n) is 3.42. The van der Waals surface area contributed by atoms with E-state index in [1.165, 1.54) is 19.4 Å². The van der Waals surface area contributed by atoms with E-state index < -0.39 is 0 Å². The Balaban J connectivity index is 2.34. The summed E-state index contributed by atoms with van der Waals surface area (Å²) in [5.41, 5.74) is 0.995. The molecule has 0 saturated heterocycles. The van der Waals surface area contributed by atoms with Crippen LogP contribution in [0.5, 0.6) is 5.75 Å². The number of benzene rings is 1. The van der Waals surface area contributed by atoms with Crippen LogP contribution in [0.1, 0.15) is 16.1 Å². The summed E-state index contributed by atoms with van der Waals surface area (Å²) in [6.45, 7) is 0. The number of hydrogen-bond donors (Lipinski definition) is 2. The summed E-state index contributed by atoms with van der Waals surface area (Å²) in [6.07, 6.45) is 1.47. The Kier molecular flexibility index (Phi) is 3.25. The molecule has 0 saturated carbocycles. The summed E-state index contributed by atoms with van der Waals surface area (Å²) >= 11 is 0. The van der Waals surface area contributed by atoms with Gasteiger partial charge in [0.05, 0.1) is 12.7 Å². The zero-order valence-electron chi connectivity index (χ0n) is 9.60. The molecular weight excluding hydrogens is 232 g/mol. The molecule has 0 bridgehead atoms. The summed E-state index contributed by atoms with van der Waals surface area (Å²) in [5, 5.41) is 17.9. The third-order valence-corrected chi connectivity index (χ3v) is 2.35. The Morgan fingerprint density at radius 2 is 2.33 bits per heavy atom. The van der Waals surface area contributed by atoms with Crippen molar-refractivity contribution in [3.05, 3.63) is 41.7 Å². The van der Waals surface area contributed by atoms with Gasteiger partial charge in [-0.2, -0.15) is 10.4 Å². The zero-order chi connectivity index (χ0) is 13.0. The molecule has 2 aromatic rings. The predicted octanol–water partition coefficient (Wildman–Crippen LogP) is 1.54. The number of carbonyl (C=O) groups is 1. The highest BCUT2D eigenvalue weighted by Crippen LogP contribution is 2.28. The van der Waals surface area contributed by atoms with Gasteiger partial charge in [-0.25, -0.2) is 0 Å². The van der Waals surface area contributed by atoms with Crippen molar-refractivity contribution in [3.8, 4) is 11.8 Å². The van der Waals surface area contributed by atoms with Gasteiger partial charge in [0.25, 0.3) is 5.91 Å². The molecule has 1 aromatic heterocycles. The third kappa shape index (κ3) is 2.15. The molecule has 0 radical (unpaired) electrons. The van der Waals surface area contributed by atoms with E-state index in [1.54, 1.807) is 18.2 Å². The van der Waals surface area contributed by atoms with Gasteiger partial charge in [0.2, 0.25) is 0 Å². The summed E-state index contributed by atoms with van der Waals surface area (Å²) in [7, 11) is 1.47. The number of nitrogens with zero attached hydrogens (tertiary/aromatic N) is 2. The van der Waals surface area contributed by atoms with Crippen LogP contribution in [0.3, 0.4) is 0 Å². The summed E-state index contributed by atoms with van der Waals surface area (Å²) in [4.78, 5) is 11.9. The number of aromatic nitrogens is 2. The molecule has 0 aliphatic carbocycles. The lowest BCUT2D eigenvalue weighted by molar-refractivity contribution is 0.102. The second kappa shape index (κ2) is 5.01. The molecule has 1 aromatic carbocycles. The van der Waals surface area contributed by atoms with Crippen molar-refractivity contribution in [2.75, 3.05) is 12.4 Å². The van der Waals surface area contributed by atoms with Crippen LogP contribution in [-0.4, -0.2) is 23.2 Å². The molecular formula is C12H10N4O2. The van der Waals surface area contributed by atoms with Crippen molar-refractivity contribution in [2.45, 2.75) is 0 Å². The number of para-hydroxylation sites is 1. The highest BCUT2D eigenvalue weighted by atomic mass is 16.5. The highest BCUT2D eigenvalue weighted by Gasteiger charge is 2.14. The number of aromatic amines is 1. The van der Waals surface area contributed by atoms with Gasteiger partial charge in [0, 0.05) is 6.20 Å². The molecule has 0 atom stereocenters. The van der Waals surface area contributed by atoms with Crippen LogP contribution < -0.4 is 10.1 Å². The molecule has 6 nitrogen and oxygen atoms in total. The van der Waals surface area contributed by atoms with Gasteiger partial charge in [-0.3, -0.25) is 9.89 Å². The third-order valence-electron chi connectivity index (χ3n) is 2.35. The van der Waals surface area contributed by atoms with E-state index in [9.17, 15) is 4.79 Å². The normalized spacial score (nSPS) is 9.56. The largest absolute Gasteiger partial charge is 0.495 e. The van der Waals surface area contributed by atoms with Crippen molar-refractivity contribution in [3.63, 3.8) is 0 Å². The van der Waals surface area contributed by atoms with Gasteiger partial charge in [-0.15, -0.1) is 0 Å². The van der Waals surface area contributed by atoms with Gasteiger partial charge >= 0.3 is 0 Å². The lowest BCUT2D eigenvalue weighted by Gasteiger charge is -2.10. The monoisotopic (exact) mass is 242 g/mol. The first-order valence-corrected chi connectivity index (χ1v) is 5.14. The fourth-order valence-electron chi connectivity index (χ4n) is 1.49. The van der Waals surface area contributed by atoms with E-state index in [4.69, 9.17) is 10.00 Å². The smallest absolute Gasteiger partial charge is 0.273 e. The van der Waals surface area contributed by atoms with Crippen LogP contribution in [-0.2, 0) is 0 Å². The van der Waals surface area contributed by atoms with Gasteiger partial charge in [0.15, 0.2) is 0 Å². The summed E-state index contributed by atoms with van der Waals surface area (Å²) < 4.78 is 5.11.